The Kier molecular flexibility index (Phi) is 3.79. The van der Waals surface area contributed by atoms with Crippen LogP contribution in [-0.4, -0.2) is 16.0 Å². The molecule has 0 unspecified atom stereocenters. The summed E-state index contributed by atoms with van der Waals surface area (Å²) in [6.45, 7) is 1.52. The van der Waals surface area contributed by atoms with Crippen LogP contribution in [0.5, 0.6) is 5.75 Å². The molecule has 0 aliphatic carbocycles. The van der Waals surface area contributed by atoms with Crippen molar-refractivity contribution < 1.29 is 23.7 Å². The number of hydrogen-bond acceptors (Lipinski definition) is 7. The van der Waals surface area contributed by atoms with Gasteiger partial charge in [-0.3, -0.25) is 10.1 Å². The van der Waals surface area contributed by atoms with E-state index in [1.807, 2.05) is 12.1 Å². The van der Waals surface area contributed by atoms with Gasteiger partial charge in [-0.05, 0) is 31.2 Å². The Labute approximate surface area is 172 Å². The Morgan fingerprint density at radius 3 is 2.83 bits per heavy atom. The van der Waals surface area contributed by atoms with Crippen molar-refractivity contribution in [3.8, 4) is 5.75 Å². The van der Waals surface area contributed by atoms with Gasteiger partial charge in [0.05, 0.1) is 22.0 Å². The zero-order valence-corrected chi connectivity index (χ0v) is 16.6. The third-order valence-electron chi connectivity index (χ3n) is 5.31. The molecule has 0 radical (unpaired) electrons. The summed E-state index contributed by atoms with van der Waals surface area (Å²) in [4.78, 5) is 23.6. The summed E-state index contributed by atoms with van der Waals surface area (Å²) in [6, 6.07) is 12.4. The maximum atomic E-state index is 12.6. The molecule has 29 heavy (non-hydrogen) atoms. The van der Waals surface area contributed by atoms with E-state index in [1.165, 1.54) is 6.92 Å². The topological polar surface area (TPSA) is 105 Å². The molecule has 1 aromatic heterocycles. The number of halogens is 1. The lowest BCUT2D eigenvalue weighted by Crippen LogP contribution is -2.36. The predicted octanol–water partition coefficient (Wildman–Crippen LogP) is 4.40. The molecule has 0 bridgehead atoms. The van der Waals surface area contributed by atoms with Gasteiger partial charge in [0, 0.05) is 16.5 Å². The largest absolute Gasteiger partial charge is 0.447 e. The van der Waals surface area contributed by atoms with E-state index < -0.39 is 22.6 Å². The zero-order chi connectivity index (χ0) is 20.3. The van der Waals surface area contributed by atoms with Gasteiger partial charge in [-0.25, -0.2) is 4.79 Å². The summed E-state index contributed by atoms with van der Waals surface area (Å²) in [5.41, 5.74) is 1.76. The van der Waals surface area contributed by atoms with Crippen LogP contribution in [0.25, 0.3) is 0 Å². The van der Waals surface area contributed by atoms with Gasteiger partial charge in [-0.1, -0.05) is 39.3 Å². The lowest BCUT2D eigenvalue weighted by Gasteiger charge is -2.29. The van der Waals surface area contributed by atoms with Crippen LogP contribution < -0.4 is 4.74 Å². The quantitative estimate of drug-likeness (QED) is 0.326. The number of nitro groups is 1. The van der Waals surface area contributed by atoms with E-state index in [4.69, 9.17) is 14.0 Å². The fraction of sp³-hybridized carbons (Fsp3) is 0.200. The van der Waals surface area contributed by atoms with Gasteiger partial charge in [0.2, 0.25) is 5.76 Å². The third-order valence-corrected chi connectivity index (χ3v) is 5.80. The Bertz CT molecular complexity index is 1190. The number of nitrogens with zero attached hydrogens (tertiary/aromatic N) is 2. The highest BCUT2D eigenvalue weighted by atomic mass is 79.9. The van der Waals surface area contributed by atoms with E-state index in [-0.39, 0.29) is 23.6 Å². The van der Waals surface area contributed by atoms with Crippen molar-refractivity contribution in [2.24, 2.45) is 0 Å². The highest BCUT2D eigenvalue weighted by Crippen LogP contribution is 2.56. The first-order valence-corrected chi connectivity index (χ1v) is 9.61. The molecule has 3 aromatic rings. The highest BCUT2D eigenvalue weighted by Gasteiger charge is 2.59. The molecule has 0 saturated heterocycles. The minimum atomic E-state index is -1.43. The van der Waals surface area contributed by atoms with Gasteiger partial charge in [0.25, 0.3) is 5.79 Å². The second-order valence-corrected chi connectivity index (χ2v) is 7.86. The second-order valence-electron chi connectivity index (χ2n) is 6.94. The van der Waals surface area contributed by atoms with Crippen LogP contribution in [0.3, 0.4) is 0 Å². The molecule has 2 aromatic carbocycles. The molecule has 0 fully saturated rings. The molecule has 3 heterocycles. The van der Waals surface area contributed by atoms with Crippen LogP contribution in [0.15, 0.2) is 51.5 Å². The first-order valence-electron chi connectivity index (χ1n) is 8.81. The number of benzene rings is 2. The molecular weight excluding hydrogens is 444 g/mol. The number of aromatic nitrogens is 1. The predicted molar refractivity (Wildman–Crippen MR) is 103 cm³/mol. The number of carbonyl (C=O) groups is 1. The van der Waals surface area contributed by atoms with Crippen LogP contribution in [0.1, 0.15) is 38.9 Å². The normalized spacial score (nSPS) is 21.6. The Balaban J connectivity index is 1.69. The van der Waals surface area contributed by atoms with Gasteiger partial charge in [-0.15, -0.1) is 0 Å². The summed E-state index contributed by atoms with van der Waals surface area (Å²) >= 11 is 3.45. The van der Waals surface area contributed by atoms with Gasteiger partial charge >= 0.3 is 11.7 Å². The molecule has 9 heteroatoms. The average molecular weight is 457 g/mol. The number of carbonyl (C=O) groups excluding carboxylic acids is 1. The van der Waals surface area contributed by atoms with E-state index in [0.29, 0.717) is 16.9 Å². The Morgan fingerprint density at radius 1 is 1.24 bits per heavy atom. The van der Waals surface area contributed by atoms with E-state index >= 15 is 0 Å². The van der Waals surface area contributed by atoms with Crippen LogP contribution >= 0.6 is 15.9 Å². The van der Waals surface area contributed by atoms with Gasteiger partial charge in [-0.2, -0.15) is 0 Å². The molecule has 2 aliphatic rings. The molecule has 0 saturated carbocycles. The summed E-state index contributed by atoms with van der Waals surface area (Å²) in [5.74, 6) is -1.84. The first kappa shape index (κ1) is 17.9. The van der Waals surface area contributed by atoms with Gasteiger partial charge < -0.3 is 14.0 Å². The maximum Gasteiger partial charge on any atom is 0.342 e. The Hall–Kier alpha value is -3.20. The van der Waals surface area contributed by atoms with Crippen molar-refractivity contribution in [1.82, 2.24) is 5.16 Å². The molecule has 1 spiro atoms. The molecule has 0 N–H and O–H groups in total. The van der Waals surface area contributed by atoms with Crippen molar-refractivity contribution >= 4 is 27.6 Å². The van der Waals surface area contributed by atoms with Crippen molar-refractivity contribution in [3.63, 3.8) is 0 Å². The maximum absolute atomic E-state index is 12.6. The highest BCUT2D eigenvalue weighted by molar-refractivity contribution is 9.10. The summed E-state index contributed by atoms with van der Waals surface area (Å²) in [7, 11) is 0. The standard InChI is InChI=1S/C20H13BrN2O6/c1-10-18(23(25)26)17(29-22-10)9-15-13-8-11(21)6-7-16(13)27-20(15)14-5-3-2-4-12(14)19(24)28-20/h2-8,15H,9H2,1H3/t15-,20-/m0/s1. The van der Waals surface area contributed by atoms with Crippen molar-refractivity contribution in [1.29, 1.82) is 0 Å². The monoisotopic (exact) mass is 456 g/mol. The molecular formula is C20H13BrN2O6. The number of hydrogen-bond donors (Lipinski definition) is 0. The smallest absolute Gasteiger partial charge is 0.342 e. The SMILES string of the molecule is Cc1noc(C[C@H]2c3cc(Br)ccc3O[C@@]23OC(=O)c2ccccc23)c1[N+](=O)[O-]. The van der Waals surface area contributed by atoms with Crippen molar-refractivity contribution in [3.05, 3.63) is 85.2 Å². The second kappa shape index (κ2) is 6.15. The average Bonchev–Trinajstić information content (AvgIpc) is 3.30. The summed E-state index contributed by atoms with van der Waals surface area (Å²) in [5, 5.41) is 15.3. The lowest BCUT2D eigenvalue weighted by atomic mass is 9.84. The Morgan fingerprint density at radius 2 is 2.03 bits per heavy atom. The van der Waals surface area contributed by atoms with E-state index in [9.17, 15) is 14.9 Å². The van der Waals surface area contributed by atoms with E-state index in [2.05, 4.69) is 21.1 Å². The molecule has 2 atom stereocenters. The first-order chi connectivity index (χ1) is 13.9. The number of fused-ring (bicyclic) bond motifs is 3. The molecule has 0 amide bonds. The number of rotatable bonds is 3. The number of ether oxygens (including phenoxy) is 2. The summed E-state index contributed by atoms with van der Waals surface area (Å²) < 4.78 is 18.1. The summed E-state index contributed by atoms with van der Waals surface area (Å²) in [6.07, 6.45) is 0.0716. The van der Waals surface area contributed by atoms with Crippen molar-refractivity contribution in [2.45, 2.75) is 25.0 Å². The third kappa shape index (κ3) is 2.50. The van der Waals surface area contributed by atoms with Crippen LogP contribution in [-0.2, 0) is 16.9 Å². The van der Waals surface area contributed by atoms with Gasteiger partial charge in [0.15, 0.2) is 5.69 Å². The fourth-order valence-electron chi connectivity index (χ4n) is 4.08. The molecule has 5 rings (SSSR count). The number of aryl methyl sites for hydroxylation is 1. The van der Waals surface area contributed by atoms with E-state index in [0.717, 1.165) is 10.0 Å². The van der Waals surface area contributed by atoms with Crippen LogP contribution in [0, 0.1) is 17.0 Å². The zero-order valence-electron chi connectivity index (χ0n) is 15.0. The van der Waals surface area contributed by atoms with Gasteiger partial charge in [0.1, 0.15) is 5.75 Å². The van der Waals surface area contributed by atoms with Crippen molar-refractivity contribution in [2.75, 3.05) is 0 Å². The molecule has 146 valence electrons. The van der Waals surface area contributed by atoms with Crippen LogP contribution in [0.4, 0.5) is 5.69 Å². The lowest BCUT2D eigenvalue weighted by molar-refractivity contribution is -0.386. The fourth-order valence-corrected chi connectivity index (χ4v) is 4.46. The number of esters is 1. The van der Waals surface area contributed by atoms with Crippen LogP contribution in [0.2, 0.25) is 0 Å². The molecule has 8 nitrogen and oxygen atoms in total. The van der Waals surface area contributed by atoms with E-state index in [1.54, 1.807) is 30.3 Å². The molecule has 2 aliphatic heterocycles. The minimum Gasteiger partial charge on any atom is -0.447 e. The minimum absolute atomic E-state index is 0.0716.